The number of hydrogen-bond donors (Lipinski definition) is 1. The fourth-order valence-electron chi connectivity index (χ4n) is 3.58. The zero-order valence-corrected chi connectivity index (χ0v) is 16.5. The van der Waals surface area contributed by atoms with Crippen molar-refractivity contribution < 1.29 is 17.9 Å². The van der Waals surface area contributed by atoms with Crippen LogP contribution in [0.3, 0.4) is 0 Å². The van der Waals surface area contributed by atoms with Crippen molar-refractivity contribution in [3.8, 4) is 0 Å². The zero-order chi connectivity index (χ0) is 19.6. The highest BCUT2D eigenvalue weighted by atomic mass is 32.2. The first kappa shape index (κ1) is 19.1. The third-order valence-corrected chi connectivity index (χ3v) is 7.46. The van der Waals surface area contributed by atoms with Crippen molar-refractivity contribution in [2.24, 2.45) is 0 Å². The van der Waals surface area contributed by atoms with E-state index in [0.717, 1.165) is 12.8 Å². The van der Waals surface area contributed by atoms with Gasteiger partial charge in [-0.25, -0.2) is 8.42 Å². The molecule has 2 fully saturated rings. The van der Waals surface area contributed by atoms with Crippen molar-refractivity contribution in [1.29, 1.82) is 0 Å². The molecule has 1 amide bonds. The molecule has 0 atom stereocenters. The monoisotopic (exact) mass is 400 g/mol. The number of sulfonamides is 1. The Bertz CT molecular complexity index is 932. The van der Waals surface area contributed by atoms with Gasteiger partial charge in [0.25, 0.3) is 5.91 Å². The third-order valence-electron chi connectivity index (χ3n) is 5.55. The molecule has 0 spiro atoms. The highest BCUT2D eigenvalue weighted by Crippen LogP contribution is 2.47. The van der Waals surface area contributed by atoms with E-state index >= 15 is 0 Å². The molecule has 148 valence electrons. The number of nitrogens with zero attached hydrogens (tertiary/aromatic N) is 1. The molecule has 0 radical (unpaired) electrons. The smallest absolute Gasteiger partial charge is 0.251 e. The van der Waals surface area contributed by atoms with Gasteiger partial charge in [0.15, 0.2) is 0 Å². The second-order valence-corrected chi connectivity index (χ2v) is 9.31. The van der Waals surface area contributed by atoms with E-state index in [9.17, 15) is 13.2 Å². The minimum absolute atomic E-state index is 0.0382. The Morgan fingerprint density at radius 3 is 2.25 bits per heavy atom. The van der Waals surface area contributed by atoms with Crippen molar-refractivity contribution in [1.82, 2.24) is 9.62 Å². The van der Waals surface area contributed by atoms with Gasteiger partial charge in [0, 0.05) is 30.6 Å². The molecule has 2 aliphatic rings. The molecule has 0 bridgehead atoms. The highest BCUT2D eigenvalue weighted by Gasteiger charge is 2.44. The normalized spacial score (nSPS) is 19.1. The van der Waals surface area contributed by atoms with Crippen LogP contribution >= 0.6 is 0 Å². The molecular formula is C21H24N2O4S. The maximum atomic E-state index is 12.7. The molecule has 1 aliphatic carbocycles. The fourth-order valence-corrected chi connectivity index (χ4v) is 4.98. The molecule has 2 aromatic carbocycles. The second-order valence-electron chi connectivity index (χ2n) is 7.37. The Kier molecular flexibility index (Phi) is 5.23. The van der Waals surface area contributed by atoms with Crippen LogP contribution in [-0.2, 0) is 20.2 Å². The maximum Gasteiger partial charge on any atom is 0.251 e. The Morgan fingerprint density at radius 2 is 1.64 bits per heavy atom. The van der Waals surface area contributed by atoms with Crippen LogP contribution in [0.25, 0.3) is 0 Å². The number of morpholine rings is 1. The molecular weight excluding hydrogens is 376 g/mol. The Labute approximate surface area is 165 Å². The lowest BCUT2D eigenvalue weighted by Crippen LogP contribution is -2.40. The van der Waals surface area contributed by atoms with Crippen LogP contribution < -0.4 is 5.32 Å². The Hall–Kier alpha value is -2.22. The molecule has 28 heavy (non-hydrogen) atoms. The third kappa shape index (κ3) is 3.83. The van der Waals surface area contributed by atoms with Crippen molar-refractivity contribution in [3.05, 3.63) is 65.7 Å². The van der Waals surface area contributed by atoms with Crippen LogP contribution in [0.5, 0.6) is 0 Å². The second kappa shape index (κ2) is 7.66. The van der Waals surface area contributed by atoms with Gasteiger partial charge in [0.1, 0.15) is 0 Å². The summed E-state index contributed by atoms with van der Waals surface area (Å²) in [6.07, 6.45) is 2.13. The molecule has 1 aliphatic heterocycles. The average Bonchev–Trinajstić information content (AvgIpc) is 3.55. The fraction of sp³-hybridized carbons (Fsp3) is 0.381. The number of benzene rings is 2. The van der Waals surface area contributed by atoms with E-state index in [2.05, 4.69) is 17.4 Å². The first-order chi connectivity index (χ1) is 13.5. The molecule has 4 rings (SSSR count). The van der Waals surface area contributed by atoms with Gasteiger partial charge < -0.3 is 10.1 Å². The number of carbonyl (C=O) groups excluding carboxylic acids is 1. The van der Waals surface area contributed by atoms with Gasteiger partial charge in [-0.3, -0.25) is 4.79 Å². The first-order valence-electron chi connectivity index (χ1n) is 9.53. The number of carbonyl (C=O) groups is 1. The van der Waals surface area contributed by atoms with E-state index in [4.69, 9.17) is 4.74 Å². The summed E-state index contributed by atoms with van der Waals surface area (Å²) in [5.74, 6) is -0.183. The molecule has 1 saturated heterocycles. The van der Waals surface area contributed by atoms with Crippen LogP contribution in [0.15, 0.2) is 59.5 Å². The molecule has 7 heteroatoms. The van der Waals surface area contributed by atoms with E-state index in [1.165, 1.54) is 22.0 Å². The van der Waals surface area contributed by atoms with E-state index in [1.54, 1.807) is 12.1 Å². The van der Waals surface area contributed by atoms with Crippen LogP contribution in [-0.4, -0.2) is 51.5 Å². The minimum Gasteiger partial charge on any atom is -0.379 e. The summed E-state index contributed by atoms with van der Waals surface area (Å²) in [7, 11) is -3.54. The van der Waals surface area contributed by atoms with Crippen molar-refractivity contribution in [3.63, 3.8) is 0 Å². The van der Waals surface area contributed by atoms with Gasteiger partial charge in [-0.15, -0.1) is 0 Å². The van der Waals surface area contributed by atoms with Crippen LogP contribution in [0, 0.1) is 0 Å². The van der Waals surface area contributed by atoms with Gasteiger partial charge in [0.05, 0.1) is 18.1 Å². The SMILES string of the molecule is O=C(NCC1(c2ccccc2)CC1)c1ccc(S(=O)(=O)N2CCOCC2)cc1. The van der Waals surface area contributed by atoms with Crippen molar-refractivity contribution in [2.45, 2.75) is 23.2 Å². The largest absolute Gasteiger partial charge is 0.379 e. The van der Waals surface area contributed by atoms with Gasteiger partial charge in [-0.05, 0) is 42.7 Å². The summed E-state index contributed by atoms with van der Waals surface area (Å²) in [6.45, 7) is 2.10. The average molecular weight is 401 g/mol. The number of amides is 1. The van der Waals surface area contributed by atoms with Crippen LogP contribution in [0.1, 0.15) is 28.8 Å². The number of rotatable bonds is 6. The van der Waals surface area contributed by atoms with Crippen LogP contribution in [0.4, 0.5) is 0 Å². The zero-order valence-electron chi connectivity index (χ0n) is 15.6. The highest BCUT2D eigenvalue weighted by molar-refractivity contribution is 7.89. The lowest BCUT2D eigenvalue weighted by Gasteiger charge is -2.26. The standard InChI is InChI=1S/C21H24N2O4S/c24-20(22-16-21(10-11-21)18-4-2-1-3-5-18)17-6-8-19(9-7-17)28(25,26)23-12-14-27-15-13-23/h1-9H,10-16H2,(H,22,24). The summed E-state index contributed by atoms with van der Waals surface area (Å²) < 4.78 is 32.0. The van der Waals surface area contributed by atoms with Crippen LogP contribution in [0.2, 0.25) is 0 Å². The first-order valence-corrected chi connectivity index (χ1v) is 11.0. The van der Waals surface area contributed by atoms with Gasteiger partial charge in [0.2, 0.25) is 10.0 Å². The van der Waals surface area contributed by atoms with Crippen molar-refractivity contribution in [2.75, 3.05) is 32.8 Å². The quantitative estimate of drug-likeness (QED) is 0.806. The maximum absolute atomic E-state index is 12.7. The molecule has 1 saturated carbocycles. The van der Waals surface area contributed by atoms with E-state index in [1.807, 2.05) is 18.2 Å². The van der Waals surface area contributed by atoms with E-state index in [0.29, 0.717) is 38.4 Å². The van der Waals surface area contributed by atoms with Crippen molar-refractivity contribution >= 4 is 15.9 Å². The molecule has 0 aromatic heterocycles. The molecule has 0 unspecified atom stereocenters. The van der Waals surface area contributed by atoms with Gasteiger partial charge in [-0.1, -0.05) is 30.3 Å². The van der Waals surface area contributed by atoms with E-state index in [-0.39, 0.29) is 16.2 Å². The van der Waals surface area contributed by atoms with E-state index < -0.39 is 10.0 Å². The molecule has 1 heterocycles. The topological polar surface area (TPSA) is 75.7 Å². The summed E-state index contributed by atoms with van der Waals surface area (Å²) in [6, 6.07) is 16.4. The Balaban J connectivity index is 1.40. The lowest BCUT2D eigenvalue weighted by molar-refractivity contribution is 0.0730. The predicted molar refractivity (Wildman–Crippen MR) is 106 cm³/mol. The summed E-state index contributed by atoms with van der Waals surface area (Å²) in [5, 5.41) is 3.01. The number of nitrogens with one attached hydrogen (secondary N) is 1. The Morgan fingerprint density at radius 1 is 1.00 bits per heavy atom. The molecule has 2 aromatic rings. The number of hydrogen-bond acceptors (Lipinski definition) is 4. The molecule has 6 nitrogen and oxygen atoms in total. The molecule has 1 N–H and O–H groups in total. The lowest BCUT2D eigenvalue weighted by atomic mass is 9.96. The van der Waals surface area contributed by atoms with Gasteiger partial charge in [-0.2, -0.15) is 4.31 Å². The summed E-state index contributed by atoms with van der Waals surface area (Å²) >= 11 is 0. The minimum atomic E-state index is -3.54. The summed E-state index contributed by atoms with van der Waals surface area (Å²) in [4.78, 5) is 12.7. The number of ether oxygens (including phenoxy) is 1. The predicted octanol–water partition coefficient (Wildman–Crippen LogP) is 2.17. The van der Waals surface area contributed by atoms with Gasteiger partial charge >= 0.3 is 0 Å². The summed E-state index contributed by atoms with van der Waals surface area (Å²) in [5.41, 5.74) is 1.75.